The minimum Gasteiger partial charge on any atom is -0.465 e. The molecular weight excluding hydrogens is 288 g/mol. The summed E-state index contributed by atoms with van der Waals surface area (Å²) in [6.07, 6.45) is 3.28. The molecule has 1 N–H and O–H groups in total. The van der Waals surface area contributed by atoms with E-state index in [9.17, 15) is 8.42 Å². The van der Waals surface area contributed by atoms with E-state index in [4.69, 9.17) is 4.42 Å². The Morgan fingerprint density at radius 3 is 2.76 bits per heavy atom. The van der Waals surface area contributed by atoms with Gasteiger partial charge in [-0.25, -0.2) is 8.42 Å². The Morgan fingerprint density at radius 2 is 2.14 bits per heavy atom. The molecule has 0 spiro atoms. The SMILES string of the molecule is Cc1oc(CNC2CC2)cc1CN(C)C1CCS(=O)(=O)C1. The summed E-state index contributed by atoms with van der Waals surface area (Å²) in [5.41, 5.74) is 1.16. The van der Waals surface area contributed by atoms with E-state index in [0.29, 0.717) is 11.8 Å². The van der Waals surface area contributed by atoms with E-state index in [0.717, 1.165) is 36.6 Å². The number of hydrogen-bond donors (Lipinski definition) is 1. The molecule has 3 rings (SSSR count). The summed E-state index contributed by atoms with van der Waals surface area (Å²) in [5, 5.41) is 3.45. The van der Waals surface area contributed by atoms with Crippen molar-refractivity contribution < 1.29 is 12.8 Å². The van der Waals surface area contributed by atoms with Gasteiger partial charge in [0.05, 0.1) is 18.1 Å². The third-order valence-corrected chi connectivity index (χ3v) is 6.22. The summed E-state index contributed by atoms with van der Waals surface area (Å²) in [5.74, 6) is 2.52. The van der Waals surface area contributed by atoms with Gasteiger partial charge >= 0.3 is 0 Å². The van der Waals surface area contributed by atoms with E-state index in [1.807, 2.05) is 14.0 Å². The van der Waals surface area contributed by atoms with Gasteiger partial charge < -0.3 is 9.73 Å². The van der Waals surface area contributed by atoms with Crippen LogP contribution in [0.5, 0.6) is 0 Å². The minimum absolute atomic E-state index is 0.136. The minimum atomic E-state index is -2.82. The molecule has 118 valence electrons. The van der Waals surface area contributed by atoms with Gasteiger partial charge in [0.15, 0.2) is 9.84 Å². The molecule has 1 saturated heterocycles. The van der Waals surface area contributed by atoms with Crippen molar-refractivity contribution in [3.05, 3.63) is 23.2 Å². The predicted octanol–water partition coefficient (Wildman–Crippen LogP) is 1.46. The second kappa shape index (κ2) is 5.74. The molecule has 1 aliphatic carbocycles. The van der Waals surface area contributed by atoms with Crippen molar-refractivity contribution in [2.24, 2.45) is 0 Å². The van der Waals surface area contributed by atoms with Crippen molar-refractivity contribution in [1.82, 2.24) is 10.2 Å². The lowest BCUT2D eigenvalue weighted by molar-refractivity contribution is 0.252. The van der Waals surface area contributed by atoms with E-state index in [1.165, 1.54) is 12.8 Å². The zero-order valence-electron chi connectivity index (χ0n) is 12.8. The molecule has 0 amide bonds. The van der Waals surface area contributed by atoms with Crippen LogP contribution in [0.4, 0.5) is 0 Å². The lowest BCUT2D eigenvalue weighted by Crippen LogP contribution is -2.32. The highest BCUT2D eigenvalue weighted by atomic mass is 32.2. The summed E-state index contributed by atoms with van der Waals surface area (Å²) >= 11 is 0. The first-order valence-corrected chi connectivity index (χ1v) is 9.47. The smallest absolute Gasteiger partial charge is 0.151 e. The Morgan fingerprint density at radius 1 is 1.38 bits per heavy atom. The van der Waals surface area contributed by atoms with Crippen LogP contribution in [0.15, 0.2) is 10.5 Å². The zero-order chi connectivity index (χ0) is 15.0. The van der Waals surface area contributed by atoms with E-state index in [1.54, 1.807) is 0 Å². The average Bonchev–Trinajstić information content (AvgIpc) is 3.08. The number of aryl methyl sites for hydroxylation is 1. The van der Waals surface area contributed by atoms with Gasteiger partial charge in [-0.05, 0) is 39.3 Å². The highest BCUT2D eigenvalue weighted by Crippen LogP contribution is 2.23. The Labute approximate surface area is 126 Å². The molecule has 1 unspecified atom stereocenters. The molecule has 2 heterocycles. The van der Waals surface area contributed by atoms with Crippen molar-refractivity contribution in [1.29, 1.82) is 0 Å². The summed E-state index contributed by atoms with van der Waals surface area (Å²) in [6, 6.07) is 2.91. The second-order valence-electron chi connectivity index (χ2n) is 6.42. The van der Waals surface area contributed by atoms with Gasteiger partial charge in [-0.3, -0.25) is 4.90 Å². The fraction of sp³-hybridized carbons (Fsp3) is 0.733. The fourth-order valence-corrected chi connectivity index (χ4v) is 4.69. The molecule has 2 fully saturated rings. The molecule has 0 radical (unpaired) electrons. The van der Waals surface area contributed by atoms with E-state index in [-0.39, 0.29) is 11.8 Å². The van der Waals surface area contributed by atoms with E-state index in [2.05, 4.69) is 16.3 Å². The molecule has 1 aromatic rings. The van der Waals surface area contributed by atoms with Crippen molar-refractivity contribution in [2.75, 3.05) is 18.6 Å². The summed E-state index contributed by atoms with van der Waals surface area (Å²) < 4.78 is 28.9. The quantitative estimate of drug-likeness (QED) is 0.861. The normalized spacial score (nSPS) is 24.8. The maximum atomic E-state index is 11.6. The number of nitrogens with zero attached hydrogens (tertiary/aromatic N) is 1. The molecule has 1 saturated carbocycles. The Kier molecular flexibility index (Phi) is 4.12. The summed E-state index contributed by atoms with van der Waals surface area (Å²) in [7, 11) is -0.824. The Balaban J connectivity index is 1.58. The largest absolute Gasteiger partial charge is 0.465 e. The van der Waals surface area contributed by atoms with Crippen LogP contribution in [0.1, 0.15) is 36.3 Å². The first-order valence-electron chi connectivity index (χ1n) is 7.65. The van der Waals surface area contributed by atoms with Crippen LogP contribution in [0.25, 0.3) is 0 Å². The number of hydrogen-bond acceptors (Lipinski definition) is 5. The molecule has 1 aliphatic heterocycles. The van der Waals surface area contributed by atoms with Crippen molar-refractivity contribution >= 4 is 9.84 Å². The van der Waals surface area contributed by atoms with Crippen LogP contribution in [0, 0.1) is 6.92 Å². The fourth-order valence-electron chi connectivity index (χ4n) is 2.88. The number of rotatable bonds is 6. The molecule has 2 aliphatic rings. The first kappa shape index (κ1) is 15.1. The topological polar surface area (TPSA) is 62.6 Å². The number of furan rings is 1. The molecule has 1 aromatic heterocycles. The van der Waals surface area contributed by atoms with Crippen LogP contribution in [0.3, 0.4) is 0 Å². The molecule has 0 bridgehead atoms. The van der Waals surface area contributed by atoms with Crippen molar-refractivity contribution in [3.8, 4) is 0 Å². The Hall–Kier alpha value is -0.850. The third kappa shape index (κ3) is 3.87. The van der Waals surface area contributed by atoms with E-state index >= 15 is 0 Å². The highest BCUT2D eigenvalue weighted by Gasteiger charge is 2.31. The third-order valence-electron chi connectivity index (χ3n) is 4.47. The predicted molar refractivity (Wildman–Crippen MR) is 81.8 cm³/mol. The summed E-state index contributed by atoms with van der Waals surface area (Å²) in [4.78, 5) is 2.14. The van der Waals surface area contributed by atoms with Gasteiger partial charge in [0.2, 0.25) is 0 Å². The lowest BCUT2D eigenvalue weighted by atomic mass is 10.2. The molecular formula is C15H24N2O3S. The number of sulfone groups is 1. The maximum absolute atomic E-state index is 11.6. The van der Waals surface area contributed by atoms with Gasteiger partial charge in [-0.1, -0.05) is 0 Å². The number of nitrogens with one attached hydrogen (secondary N) is 1. The van der Waals surface area contributed by atoms with Crippen LogP contribution < -0.4 is 5.32 Å². The Bertz CT molecular complexity index is 604. The van der Waals surface area contributed by atoms with Crippen LogP contribution in [0.2, 0.25) is 0 Å². The van der Waals surface area contributed by atoms with Crippen molar-refractivity contribution in [3.63, 3.8) is 0 Å². The second-order valence-corrected chi connectivity index (χ2v) is 8.65. The standard InChI is InChI=1S/C15H24N2O3S/c1-11-12(7-15(20-11)8-16-13-3-4-13)9-17(2)14-5-6-21(18,19)10-14/h7,13-14,16H,3-6,8-10H2,1-2H3. The van der Waals surface area contributed by atoms with Gasteiger partial charge in [0.25, 0.3) is 0 Å². The molecule has 21 heavy (non-hydrogen) atoms. The van der Waals surface area contributed by atoms with Crippen LogP contribution in [-0.4, -0.2) is 44.0 Å². The van der Waals surface area contributed by atoms with Crippen LogP contribution in [-0.2, 0) is 22.9 Å². The van der Waals surface area contributed by atoms with Gasteiger partial charge in [0.1, 0.15) is 11.5 Å². The van der Waals surface area contributed by atoms with E-state index < -0.39 is 9.84 Å². The first-order chi connectivity index (χ1) is 9.93. The van der Waals surface area contributed by atoms with Crippen LogP contribution >= 0.6 is 0 Å². The van der Waals surface area contributed by atoms with Gasteiger partial charge in [0, 0.05) is 24.2 Å². The van der Waals surface area contributed by atoms with Gasteiger partial charge in [-0.15, -0.1) is 0 Å². The average molecular weight is 312 g/mol. The van der Waals surface area contributed by atoms with Crippen molar-refractivity contribution in [2.45, 2.75) is 51.4 Å². The monoisotopic (exact) mass is 312 g/mol. The summed E-state index contributed by atoms with van der Waals surface area (Å²) in [6.45, 7) is 3.52. The maximum Gasteiger partial charge on any atom is 0.151 e. The molecule has 6 heteroatoms. The zero-order valence-corrected chi connectivity index (χ0v) is 13.6. The molecule has 1 atom stereocenters. The molecule has 0 aromatic carbocycles. The lowest BCUT2D eigenvalue weighted by Gasteiger charge is -2.22. The molecule has 5 nitrogen and oxygen atoms in total. The van der Waals surface area contributed by atoms with Gasteiger partial charge in [-0.2, -0.15) is 0 Å². The highest BCUT2D eigenvalue weighted by molar-refractivity contribution is 7.91.